The summed E-state index contributed by atoms with van der Waals surface area (Å²) in [6.45, 7) is 8.71. The third kappa shape index (κ3) is 5.05. The largest absolute Gasteiger partial charge is 0.497 e. The summed E-state index contributed by atoms with van der Waals surface area (Å²) in [6, 6.07) is 7.78. The summed E-state index contributed by atoms with van der Waals surface area (Å²) in [5, 5.41) is 9.98. The van der Waals surface area contributed by atoms with E-state index in [1.54, 1.807) is 13.2 Å². The van der Waals surface area contributed by atoms with Gasteiger partial charge in [0.2, 0.25) is 0 Å². The van der Waals surface area contributed by atoms with Crippen LogP contribution in [-0.4, -0.2) is 24.9 Å². The third-order valence-corrected chi connectivity index (χ3v) is 3.30. The molecule has 0 fully saturated rings. The first-order chi connectivity index (χ1) is 9.08. The van der Waals surface area contributed by atoms with Crippen LogP contribution in [0.2, 0.25) is 0 Å². The van der Waals surface area contributed by atoms with Crippen LogP contribution in [0.25, 0.3) is 0 Å². The molecule has 3 atom stereocenters. The molecule has 1 N–H and O–H groups in total. The number of rotatable bonds is 8. The van der Waals surface area contributed by atoms with Crippen molar-refractivity contribution in [2.24, 2.45) is 11.8 Å². The highest BCUT2D eigenvalue weighted by Crippen LogP contribution is 2.16. The number of benzene rings is 1. The second kappa shape index (κ2) is 7.97. The average molecular weight is 264 g/mol. The van der Waals surface area contributed by atoms with Crippen molar-refractivity contribution in [3.63, 3.8) is 0 Å². The minimum Gasteiger partial charge on any atom is -0.497 e. The summed E-state index contributed by atoms with van der Waals surface area (Å²) in [4.78, 5) is 0. The molecule has 106 valence electrons. The summed E-state index contributed by atoms with van der Waals surface area (Å²) >= 11 is 0. The Labute approximate surface area is 115 Å². The van der Waals surface area contributed by atoms with Gasteiger partial charge in [0.15, 0.2) is 0 Å². The molecule has 3 heteroatoms. The smallest absolute Gasteiger partial charge is 0.118 e. The fourth-order valence-electron chi connectivity index (χ4n) is 1.84. The third-order valence-electron chi connectivity index (χ3n) is 3.30. The molecule has 0 radical (unpaired) electrons. The topological polar surface area (TPSA) is 38.7 Å². The molecule has 0 aliphatic carbocycles. The fraction of sp³-hybridized carbons (Fsp3) is 0.500. The molecule has 0 spiro atoms. The maximum Gasteiger partial charge on any atom is 0.118 e. The van der Waals surface area contributed by atoms with Crippen LogP contribution in [0.15, 0.2) is 36.9 Å². The standard InChI is InChI=1S/C16H24O3/c1-5-12(2)16(17)13(3)10-19-11-14-6-8-15(18-4)9-7-14/h5-9,12-13,16-17H,1,10-11H2,2-4H3. The molecule has 0 heterocycles. The van der Waals surface area contributed by atoms with E-state index in [1.807, 2.05) is 38.1 Å². The molecule has 0 amide bonds. The highest BCUT2D eigenvalue weighted by atomic mass is 16.5. The zero-order chi connectivity index (χ0) is 14.3. The number of hydrogen-bond acceptors (Lipinski definition) is 3. The summed E-state index contributed by atoms with van der Waals surface area (Å²) in [7, 11) is 1.65. The van der Waals surface area contributed by atoms with Gasteiger partial charge in [-0.3, -0.25) is 0 Å². The highest BCUT2D eigenvalue weighted by molar-refractivity contribution is 5.26. The van der Waals surface area contributed by atoms with Crippen molar-refractivity contribution in [1.29, 1.82) is 0 Å². The van der Waals surface area contributed by atoms with Crippen LogP contribution in [0.3, 0.4) is 0 Å². The summed E-state index contributed by atoms with van der Waals surface area (Å²) in [6.07, 6.45) is 1.36. The van der Waals surface area contributed by atoms with E-state index in [9.17, 15) is 5.11 Å². The minimum absolute atomic E-state index is 0.0830. The molecular formula is C16H24O3. The van der Waals surface area contributed by atoms with Gasteiger partial charge in [0, 0.05) is 11.8 Å². The zero-order valence-corrected chi connectivity index (χ0v) is 12.0. The van der Waals surface area contributed by atoms with Crippen LogP contribution in [0.1, 0.15) is 19.4 Å². The Balaban J connectivity index is 2.34. The Morgan fingerprint density at radius 1 is 1.26 bits per heavy atom. The summed E-state index contributed by atoms with van der Waals surface area (Å²) in [5.41, 5.74) is 1.10. The first-order valence-electron chi connectivity index (χ1n) is 6.59. The van der Waals surface area contributed by atoms with Crippen LogP contribution >= 0.6 is 0 Å². The van der Waals surface area contributed by atoms with Gasteiger partial charge in [0.25, 0.3) is 0 Å². The van der Waals surface area contributed by atoms with E-state index < -0.39 is 6.10 Å². The molecule has 0 saturated heterocycles. The first kappa shape index (κ1) is 15.7. The maximum atomic E-state index is 9.98. The minimum atomic E-state index is -0.409. The van der Waals surface area contributed by atoms with E-state index in [2.05, 4.69) is 6.58 Å². The Morgan fingerprint density at radius 3 is 2.42 bits per heavy atom. The number of methoxy groups -OCH3 is 1. The van der Waals surface area contributed by atoms with Crippen LogP contribution in [0.4, 0.5) is 0 Å². The van der Waals surface area contributed by atoms with E-state index in [-0.39, 0.29) is 11.8 Å². The van der Waals surface area contributed by atoms with E-state index in [4.69, 9.17) is 9.47 Å². The van der Waals surface area contributed by atoms with Crippen LogP contribution in [0, 0.1) is 11.8 Å². The Hall–Kier alpha value is -1.32. The van der Waals surface area contributed by atoms with E-state index in [1.165, 1.54) is 0 Å². The van der Waals surface area contributed by atoms with Crippen molar-refractivity contribution in [2.45, 2.75) is 26.6 Å². The van der Waals surface area contributed by atoms with Crippen LogP contribution in [-0.2, 0) is 11.3 Å². The second-order valence-electron chi connectivity index (χ2n) is 4.93. The molecule has 3 nitrogen and oxygen atoms in total. The van der Waals surface area contributed by atoms with Gasteiger partial charge in [-0.2, -0.15) is 0 Å². The zero-order valence-electron chi connectivity index (χ0n) is 12.0. The molecule has 3 unspecified atom stereocenters. The van der Waals surface area contributed by atoms with Gasteiger partial charge >= 0.3 is 0 Å². The predicted octanol–water partition coefficient (Wildman–Crippen LogP) is 3.03. The van der Waals surface area contributed by atoms with Gasteiger partial charge in [-0.1, -0.05) is 32.1 Å². The monoisotopic (exact) mass is 264 g/mol. The highest BCUT2D eigenvalue weighted by Gasteiger charge is 2.18. The number of aliphatic hydroxyl groups is 1. The van der Waals surface area contributed by atoms with Crippen molar-refractivity contribution >= 4 is 0 Å². The Morgan fingerprint density at radius 2 is 1.89 bits per heavy atom. The Kier molecular flexibility index (Phi) is 6.60. The quantitative estimate of drug-likeness (QED) is 0.733. The van der Waals surface area contributed by atoms with Crippen molar-refractivity contribution < 1.29 is 14.6 Å². The fourth-order valence-corrected chi connectivity index (χ4v) is 1.84. The van der Waals surface area contributed by atoms with Gasteiger partial charge in [-0.15, -0.1) is 6.58 Å². The molecule has 0 saturated carbocycles. The van der Waals surface area contributed by atoms with Crippen molar-refractivity contribution in [3.05, 3.63) is 42.5 Å². The molecule has 0 aliphatic rings. The molecule has 1 rings (SSSR count). The summed E-state index contributed by atoms with van der Waals surface area (Å²) in [5.74, 6) is 1.01. The lowest BCUT2D eigenvalue weighted by Gasteiger charge is -2.22. The van der Waals surface area contributed by atoms with Crippen molar-refractivity contribution in [3.8, 4) is 5.75 Å². The summed E-state index contributed by atoms with van der Waals surface area (Å²) < 4.78 is 10.7. The van der Waals surface area contributed by atoms with Crippen molar-refractivity contribution in [2.75, 3.05) is 13.7 Å². The number of hydrogen-bond donors (Lipinski definition) is 1. The maximum absolute atomic E-state index is 9.98. The van der Waals surface area contributed by atoms with Crippen LogP contribution < -0.4 is 4.74 Å². The lowest BCUT2D eigenvalue weighted by Crippen LogP contribution is -2.27. The van der Waals surface area contributed by atoms with E-state index in [0.29, 0.717) is 13.2 Å². The van der Waals surface area contributed by atoms with Gasteiger partial charge in [0.1, 0.15) is 5.75 Å². The lowest BCUT2D eigenvalue weighted by atomic mass is 9.94. The van der Waals surface area contributed by atoms with Crippen molar-refractivity contribution in [1.82, 2.24) is 0 Å². The molecule has 1 aromatic rings. The Bertz CT molecular complexity index is 372. The average Bonchev–Trinajstić information content (AvgIpc) is 2.46. The van der Waals surface area contributed by atoms with Crippen LogP contribution in [0.5, 0.6) is 5.75 Å². The lowest BCUT2D eigenvalue weighted by molar-refractivity contribution is 0.0134. The molecule has 1 aromatic carbocycles. The molecule has 0 bridgehead atoms. The molecule has 0 aromatic heterocycles. The van der Waals surface area contributed by atoms with Gasteiger partial charge in [-0.25, -0.2) is 0 Å². The van der Waals surface area contributed by atoms with E-state index in [0.717, 1.165) is 11.3 Å². The van der Waals surface area contributed by atoms with E-state index >= 15 is 0 Å². The van der Waals surface area contributed by atoms with Gasteiger partial charge < -0.3 is 14.6 Å². The normalized spacial score (nSPS) is 15.6. The number of aliphatic hydroxyl groups excluding tert-OH is 1. The molecular weight excluding hydrogens is 240 g/mol. The van der Waals surface area contributed by atoms with Gasteiger partial charge in [0.05, 0.1) is 26.4 Å². The first-order valence-corrected chi connectivity index (χ1v) is 6.59. The second-order valence-corrected chi connectivity index (χ2v) is 4.93. The number of ether oxygens (including phenoxy) is 2. The van der Waals surface area contributed by atoms with Gasteiger partial charge in [-0.05, 0) is 17.7 Å². The molecule has 0 aliphatic heterocycles. The SMILES string of the molecule is C=CC(C)C(O)C(C)COCc1ccc(OC)cc1. The predicted molar refractivity (Wildman–Crippen MR) is 77.2 cm³/mol. The molecule has 19 heavy (non-hydrogen) atoms.